The van der Waals surface area contributed by atoms with Gasteiger partial charge in [-0.2, -0.15) is 0 Å². The van der Waals surface area contributed by atoms with Crippen molar-refractivity contribution < 1.29 is 29.3 Å². The number of rotatable bonds is 8. The van der Waals surface area contributed by atoms with Crippen molar-refractivity contribution in [3.8, 4) is 0 Å². The van der Waals surface area contributed by atoms with Gasteiger partial charge in [-0.05, 0) is 67.6 Å². The van der Waals surface area contributed by atoms with Crippen molar-refractivity contribution >= 4 is 11.9 Å². The maximum absolute atomic E-state index is 11.9. The molecule has 2 unspecified atom stereocenters. The summed E-state index contributed by atoms with van der Waals surface area (Å²) >= 11 is 0. The SMILES string of the molecule is Cc1c(C(CO)NCC2CCCN2C[C@H](O)c2ccc3c(c2C)COC3=O)ccc2c1COC2=O. The van der Waals surface area contributed by atoms with E-state index in [0.29, 0.717) is 24.2 Å². The Morgan fingerprint density at radius 2 is 1.60 bits per heavy atom. The molecule has 8 nitrogen and oxygen atoms in total. The molecule has 3 aliphatic rings. The minimum atomic E-state index is -0.665. The largest absolute Gasteiger partial charge is 0.457 e. The number of aliphatic hydroxyl groups excluding tert-OH is 2. The minimum Gasteiger partial charge on any atom is -0.457 e. The first-order valence-electron chi connectivity index (χ1n) is 12.2. The summed E-state index contributed by atoms with van der Waals surface area (Å²) in [6.07, 6.45) is 1.39. The molecule has 0 radical (unpaired) electrons. The summed E-state index contributed by atoms with van der Waals surface area (Å²) in [6.45, 7) is 6.47. The highest BCUT2D eigenvalue weighted by Crippen LogP contribution is 2.32. The van der Waals surface area contributed by atoms with E-state index < -0.39 is 6.10 Å². The Morgan fingerprint density at radius 1 is 1.00 bits per heavy atom. The van der Waals surface area contributed by atoms with E-state index in [2.05, 4.69) is 10.2 Å². The van der Waals surface area contributed by atoms with Crippen molar-refractivity contribution in [2.24, 2.45) is 0 Å². The molecule has 0 bridgehead atoms. The molecule has 35 heavy (non-hydrogen) atoms. The van der Waals surface area contributed by atoms with Crippen LogP contribution in [0.25, 0.3) is 0 Å². The number of nitrogens with zero attached hydrogens (tertiary/aromatic N) is 1. The number of esters is 2. The summed E-state index contributed by atoms with van der Waals surface area (Å²) in [4.78, 5) is 26.0. The first kappa shape index (κ1) is 23.9. The lowest BCUT2D eigenvalue weighted by Crippen LogP contribution is -2.41. The Morgan fingerprint density at radius 3 is 2.23 bits per heavy atom. The summed E-state index contributed by atoms with van der Waals surface area (Å²) in [5, 5.41) is 24.7. The maximum Gasteiger partial charge on any atom is 0.338 e. The number of carbonyl (C=O) groups is 2. The highest BCUT2D eigenvalue weighted by Gasteiger charge is 2.31. The first-order valence-corrected chi connectivity index (χ1v) is 12.2. The fourth-order valence-corrected chi connectivity index (χ4v) is 5.71. The van der Waals surface area contributed by atoms with Crippen LogP contribution in [0.1, 0.15) is 79.1 Å². The summed E-state index contributed by atoms with van der Waals surface area (Å²) in [6, 6.07) is 7.26. The van der Waals surface area contributed by atoms with E-state index in [0.717, 1.165) is 52.8 Å². The zero-order chi connectivity index (χ0) is 24.7. The molecule has 0 spiro atoms. The first-order chi connectivity index (χ1) is 16.9. The molecule has 0 aliphatic carbocycles. The molecule has 3 atom stereocenters. The lowest BCUT2D eigenvalue weighted by Gasteiger charge is -2.29. The highest BCUT2D eigenvalue weighted by molar-refractivity contribution is 5.94. The Hall–Kier alpha value is -2.78. The van der Waals surface area contributed by atoms with Crippen LogP contribution >= 0.6 is 0 Å². The maximum atomic E-state index is 11.9. The van der Waals surface area contributed by atoms with Crippen LogP contribution in [0.5, 0.6) is 0 Å². The molecule has 3 heterocycles. The van der Waals surface area contributed by atoms with Gasteiger partial charge in [0.05, 0.1) is 29.9 Å². The van der Waals surface area contributed by atoms with E-state index in [1.165, 1.54) is 0 Å². The van der Waals surface area contributed by atoms with Crippen molar-refractivity contribution in [3.63, 3.8) is 0 Å². The van der Waals surface area contributed by atoms with Gasteiger partial charge in [-0.15, -0.1) is 0 Å². The number of fused-ring (bicyclic) bond motifs is 2. The molecule has 0 amide bonds. The summed E-state index contributed by atoms with van der Waals surface area (Å²) in [5.74, 6) is -0.591. The fraction of sp³-hybridized carbons (Fsp3) is 0.481. The average Bonchev–Trinajstić information content (AvgIpc) is 3.56. The molecule has 1 saturated heterocycles. The summed E-state index contributed by atoms with van der Waals surface area (Å²) < 4.78 is 10.3. The van der Waals surface area contributed by atoms with E-state index in [9.17, 15) is 19.8 Å². The average molecular weight is 481 g/mol. The second kappa shape index (κ2) is 9.70. The number of likely N-dealkylation sites (tertiary alicyclic amines) is 1. The number of hydrogen-bond donors (Lipinski definition) is 3. The van der Waals surface area contributed by atoms with Crippen LogP contribution in [0.3, 0.4) is 0 Å². The molecule has 5 rings (SSSR count). The number of hydrogen-bond acceptors (Lipinski definition) is 8. The zero-order valence-electron chi connectivity index (χ0n) is 20.2. The topological polar surface area (TPSA) is 108 Å². The Balaban J connectivity index is 1.24. The number of aliphatic hydroxyl groups is 2. The van der Waals surface area contributed by atoms with E-state index in [-0.39, 0.29) is 43.8 Å². The van der Waals surface area contributed by atoms with Gasteiger partial charge in [-0.25, -0.2) is 9.59 Å². The molecule has 186 valence electrons. The van der Waals surface area contributed by atoms with Crippen LogP contribution in [0, 0.1) is 13.8 Å². The molecule has 3 aliphatic heterocycles. The van der Waals surface area contributed by atoms with Crippen molar-refractivity contribution in [1.82, 2.24) is 10.2 Å². The van der Waals surface area contributed by atoms with Crippen LogP contribution in [0.2, 0.25) is 0 Å². The molecular formula is C27H32N2O6. The van der Waals surface area contributed by atoms with Gasteiger partial charge in [-0.3, -0.25) is 4.90 Å². The molecule has 8 heteroatoms. The summed E-state index contributed by atoms with van der Waals surface area (Å²) in [5.41, 5.74) is 6.67. The third-order valence-electron chi connectivity index (χ3n) is 7.84. The monoisotopic (exact) mass is 480 g/mol. The molecule has 2 aromatic rings. The molecule has 3 N–H and O–H groups in total. The fourth-order valence-electron chi connectivity index (χ4n) is 5.71. The van der Waals surface area contributed by atoms with E-state index in [1.54, 1.807) is 12.1 Å². The molecular weight excluding hydrogens is 448 g/mol. The minimum absolute atomic E-state index is 0.0567. The quantitative estimate of drug-likeness (QED) is 0.495. The standard InChI is InChI=1S/C27H32N2O6/c1-15-18(5-7-20-22(15)13-34-26(20)32)24(12-30)28-10-17-4-3-9-29(17)11-25(31)19-6-8-21-23(16(19)2)14-35-27(21)33/h5-8,17,24-25,28,30-31H,3-4,9-14H2,1-2H3/t17?,24?,25-/m0/s1. The molecule has 2 aromatic carbocycles. The highest BCUT2D eigenvalue weighted by atomic mass is 16.5. The van der Waals surface area contributed by atoms with Crippen molar-refractivity contribution in [2.45, 2.75) is 58.1 Å². The third-order valence-corrected chi connectivity index (χ3v) is 7.84. The number of β-amino-alcohol motifs (C(OH)–C–C–N with tert-alkyl or cyclic N) is 1. The Bertz CT molecular complexity index is 1160. The Kier molecular flexibility index (Phi) is 6.63. The van der Waals surface area contributed by atoms with Crippen LogP contribution in [-0.2, 0) is 22.7 Å². The number of carbonyl (C=O) groups excluding carboxylic acids is 2. The van der Waals surface area contributed by atoms with E-state index >= 15 is 0 Å². The van der Waals surface area contributed by atoms with E-state index in [1.807, 2.05) is 26.0 Å². The van der Waals surface area contributed by atoms with Crippen LogP contribution < -0.4 is 5.32 Å². The second-order valence-electron chi connectivity index (χ2n) is 9.71. The van der Waals surface area contributed by atoms with Gasteiger partial charge in [0.25, 0.3) is 0 Å². The second-order valence-corrected chi connectivity index (χ2v) is 9.71. The van der Waals surface area contributed by atoms with Crippen molar-refractivity contribution in [1.29, 1.82) is 0 Å². The number of ether oxygens (including phenoxy) is 2. The van der Waals surface area contributed by atoms with Crippen LogP contribution in [0.4, 0.5) is 0 Å². The Labute approximate surface area is 204 Å². The smallest absolute Gasteiger partial charge is 0.338 e. The van der Waals surface area contributed by atoms with Gasteiger partial charge in [0, 0.05) is 30.3 Å². The third kappa shape index (κ3) is 4.36. The number of nitrogens with one attached hydrogen (secondary N) is 1. The lowest BCUT2D eigenvalue weighted by molar-refractivity contribution is 0.0526. The van der Waals surface area contributed by atoms with Gasteiger partial charge in [0.1, 0.15) is 13.2 Å². The van der Waals surface area contributed by atoms with Crippen molar-refractivity contribution in [2.75, 3.05) is 26.2 Å². The molecule has 0 saturated carbocycles. The molecule has 1 fully saturated rings. The molecule has 0 aromatic heterocycles. The van der Waals surface area contributed by atoms with Gasteiger partial charge >= 0.3 is 11.9 Å². The van der Waals surface area contributed by atoms with Crippen molar-refractivity contribution in [3.05, 3.63) is 68.8 Å². The predicted octanol–water partition coefficient (Wildman–Crippen LogP) is 2.47. The van der Waals surface area contributed by atoms with Gasteiger partial charge in [0.2, 0.25) is 0 Å². The predicted molar refractivity (Wildman–Crippen MR) is 128 cm³/mol. The van der Waals surface area contributed by atoms with Gasteiger partial charge in [-0.1, -0.05) is 12.1 Å². The van der Waals surface area contributed by atoms with Crippen LogP contribution in [0.15, 0.2) is 24.3 Å². The summed E-state index contributed by atoms with van der Waals surface area (Å²) in [7, 11) is 0. The lowest BCUT2D eigenvalue weighted by atomic mass is 9.94. The number of cyclic esters (lactones) is 2. The zero-order valence-corrected chi connectivity index (χ0v) is 20.2. The van der Waals surface area contributed by atoms with Crippen LogP contribution in [-0.4, -0.2) is 59.3 Å². The number of benzene rings is 2. The normalized spacial score (nSPS) is 21.0. The van der Waals surface area contributed by atoms with E-state index in [4.69, 9.17) is 9.47 Å². The van der Waals surface area contributed by atoms with Gasteiger partial charge < -0.3 is 25.0 Å². The van der Waals surface area contributed by atoms with Gasteiger partial charge in [0.15, 0.2) is 0 Å².